The largest absolute Gasteiger partial charge is 0.463 e. The van der Waals surface area contributed by atoms with Crippen LogP contribution in [-0.2, 0) is 0 Å². The molecule has 1 aromatic carbocycles. The van der Waals surface area contributed by atoms with Crippen molar-refractivity contribution >= 4 is 29.1 Å². The van der Waals surface area contributed by atoms with E-state index in [0.717, 1.165) is 19.6 Å². The highest BCUT2D eigenvalue weighted by Gasteiger charge is 2.20. The van der Waals surface area contributed by atoms with Gasteiger partial charge in [0.05, 0.1) is 12.0 Å². The van der Waals surface area contributed by atoms with Gasteiger partial charge in [-0.05, 0) is 30.3 Å². The summed E-state index contributed by atoms with van der Waals surface area (Å²) in [7, 11) is 0. The zero-order chi connectivity index (χ0) is 25.8. The zero-order valence-corrected chi connectivity index (χ0v) is 20.2. The van der Waals surface area contributed by atoms with Gasteiger partial charge in [0.2, 0.25) is 11.9 Å². The normalized spacial score (nSPS) is 14.3. The average Bonchev–Trinajstić information content (AvgIpc) is 3.58. The van der Waals surface area contributed by atoms with Gasteiger partial charge in [-0.3, -0.25) is 9.69 Å². The number of piperazine rings is 1. The predicted molar refractivity (Wildman–Crippen MR) is 138 cm³/mol. The fourth-order valence-corrected chi connectivity index (χ4v) is 4.26. The van der Waals surface area contributed by atoms with Crippen molar-refractivity contribution in [3.05, 3.63) is 54.0 Å². The molecule has 4 aromatic rings. The van der Waals surface area contributed by atoms with E-state index in [1.165, 1.54) is 10.6 Å². The lowest BCUT2D eigenvalue weighted by Gasteiger charge is -2.36. The zero-order valence-electron chi connectivity index (χ0n) is 20.2. The molecule has 1 fully saturated rings. The smallest absolute Gasteiger partial charge is 0.251 e. The van der Waals surface area contributed by atoms with Gasteiger partial charge in [-0.1, -0.05) is 0 Å². The first kappa shape index (κ1) is 24.5. The number of fused-ring (bicyclic) bond motifs is 1. The Morgan fingerprint density at radius 1 is 1.11 bits per heavy atom. The van der Waals surface area contributed by atoms with Crippen LogP contribution in [0.3, 0.4) is 0 Å². The molecule has 5 rings (SSSR count). The molecule has 0 saturated carbocycles. The van der Waals surface area contributed by atoms with Gasteiger partial charge in [0.25, 0.3) is 5.91 Å². The highest BCUT2D eigenvalue weighted by Crippen LogP contribution is 2.23. The van der Waals surface area contributed by atoms with Crippen molar-refractivity contribution in [2.24, 2.45) is 5.73 Å². The summed E-state index contributed by atoms with van der Waals surface area (Å²) in [5.74, 6) is 0.540. The van der Waals surface area contributed by atoms with Crippen LogP contribution in [0.4, 0.5) is 22.0 Å². The number of amides is 1. The number of anilines is 3. The Hall–Kier alpha value is -4.23. The molecule has 1 aliphatic rings. The van der Waals surface area contributed by atoms with Gasteiger partial charge in [-0.2, -0.15) is 19.6 Å². The summed E-state index contributed by atoms with van der Waals surface area (Å²) >= 11 is 0. The summed E-state index contributed by atoms with van der Waals surface area (Å²) in [5, 5.41) is 10.3. The van der Waals surface area contributed by atoms with Crippen LogP contribution in [0.2, 0.25) is 0 Å². The van der Waals surface area contributed by atoms with Gasteiger partial charge < -0.3 is 31.4 Å². The third-order valence-electron chi connectivity index (χ3n) is 6.19. The standard InChI is InChI=1S/C24H29FN10O2/c25-17-14-16(22(36)28-6-5-26)3-4-19(17)34-11-9-33(10-12-34)8-7-29-24-30-21-15-18(20-2-1-13-37-20)32-35(21)23(27)31-24/h1-4,13-15H,5-12,26H2,(H,28,36)(H3,27,29,30,31). The van der Waals surface area contributed by atoms with Crippen LogP contribution >= 0.6 is 0 Å². The summed E-state index contributed by atoms with van der Waals surface area (Å²) in [6, 6.07) is 9.98. The van der Waals surface area contributed by atoms with Gasteiger partial charge >= 0.3 is 0 Å². The van der Waals surface area contributed by atoms with E-state index in [9.17, 15) is 9.18 Å². The molecule has 1 aliphatic heterocycles. The van der Waals surface area contributed by atoms with Crippen LogP contribution in [0.25, 0.3) is 17.1 Å². The minimum absolute atomic E-state index is 0.226. The molecule has 3 aromatic heterocycles. The number of carbonyl (C=O) groups is 1. The first-order valence-corrected chi connectivity index (χ1v) is 12.1. The highest BCUT2D eigenvalue weighted by molar-refractivity contribution is 5.94. The van der Waals surface area contributed by atoms with Gasteiger partial charge in [0.1, 0.15) is 11.5 Å². The molecule has 0 aliphatic carbocycles. The lowest BCUT2D eigenvalue weighted by Crippen LogP contribution is -2.48. The molecule has 1 saturated heterocycles. The van der Waals surface area contributed by atoms with Gasteiger partial charge in [-0.25, -0.2) is 4.39 Å². The number of benzene rings is 1. The van der Waals surface area contributed by atoms with E-state index in [0.29, 0.717) is 61.5 Å². The van der Waals surface area contributed by atoms with E-state index in [1.54, 1.807) is 30.5 Å². The highest BCUT2D eigenvalue weighted by atomic mass is 19.1. The minimum atomic E-state index is -0.407. The Morgan fingerprint density at radius 3 is 2.68 bits per heavy atom. The quantitative estimate of drug-likeness (QED) is 0.257. The number of nitrogen functional groups attached to an aromatic ring is 1. The summed E-state index contributed by atoms with van der Waals surface area (Å²) in [6.07, 6.45) is 1.58. The van der Waals surface area contributed by atoms with E-state index in [4.69, 9.17) is 15.9 Å². The maximum Gasteiger partial charge on any atom is 0.251 e. The Kier molecular flexibility index (Phi) is 7.14. The maximum absolute atomic E-state index is 14.7. The van der Waals surface area contributed by atoms with Crippen LogP contribution in [-0.4, -0.2) is 82.7 Å². The topological polar surface area (TPSA) is 156 Å². The number of carbonyl (C=O) groups excluding carboxylic acids is 1. The molecule has 12 nitrogen and oxygen atoms in total. The minimum Gasteiger partial charge on any atom is -0.463 e. The molecule has 194 valence electrons. The number of halogens is 1. The van der Waals surface area contributed by atoms with E-state index < -0.39 is 5.82 Å². The third-order valence-corrected chi connectivity index (χ3v) is 6.19. The Bertz CT molecular complexity index is 1370. The summed E-state index contributed by atoms with van der Waals surface area (Å²) in [6.45, 7) is 4.97. The van der Waals surface area contributed by atoms with Crippen LogP contribution in [0, 0.1) is 5.82 Å². The van der Waals surface area contributed by atoms with E-state index in [2.05, 4.69) is 30.6 Å². The SMILES string of the molecule is NCCNC(=O)c1ccc(N2CCN(CCNc3nc(N)n4nc(-c5ccco5)cc4n3)CC2)c(F)c1. The van der Waals surface area contributed by atoms with Crippen molar-refractivity contribution in [1.82, 2.24) is 29.8 Å². The summed E-state index contributed by atoms with van der Waals surface area (Å²) in [5.41, 5.74) is 13.5. The summed E-state index contributed by atoms with van der Waals surface area (Å²) < 4.78 is 21.6. The molecule has 6 N–H and O–H groups in total. The molecule has 4 heterocycles. The van der Waals surface area contributed by atoms with Gasteiger partial charge in [0, 0.05) is 64.0 Å². The number of hydrogen-bond acceptors (Lipinski definition) is 10. The van der Waals surface area contributed by atoms with E-state index in [-0.39, 0.29) is 17.4 Å². The molecule has 0 bridgehead atoms. The molecule has 13 heteroatoms. The number of nitrogens with one attached hydrogen (secondary N) is 2. The molecule has 1 amide bonds. The van der Waals surface area contributed by atoms with Crippen LogP contribution in [0.15, 0.2) is 47.1 Å². The second-order valence-electron chi connectivity index (χ2n) is 8.65. The van der Waals surface area contributed by atoms with Gasteiger partial charge in [-0.15, -0.1) is 0 Å². The first-order chi connectivity index (χ1) is 18.0. The van der Waals surface area contributed by atoms with Gasteiger partial charge in [0.15, 0.2) is 11.4 Å². The second kappa shape index (κ2) is 10.8. The van der Waals surface area contributed by atoms with Crippen molar-refractivity contribution in [3.63, 3.8) is 0 Å². The Balaban J connectivity index is 1.12. The van der Waals surface area contributed by atoms with Crippen LogP contribution in [0.1, 0.15) is 10.4 Å². The molecular formula is C24H29FN10O2. The van der Waals surface area contributed by atoms with Crippen LogP contribution in [0.5, 0.6) is 0 Å². The molecule has 0 radical (unpaired) electrons. The molecule has 0 spiro atoms. The van der Waals surface area contributed by atoms with Crippen LogP contribution < -0.4 is 27.0 Å². The maximum atomic E-state index is 14.7. The van der Waals surface area contributed by atoms with Crippen molar-refractivity contribution in [3.8, 4) is 11.5 Å². The Morgan fingerprint density at radius 2 is 1.95 bits per heavy atom. The third kappa shape index (κ3) is 5.47. The van der Waals surface area contributed by atoms with Crippen molar-refractivity contribution in [2.75, 3.05) is 68.3 Å². The summed E-state index contributed by atoms with van der Waals surface area (Å²) in [4.78, 5) is 25.1. The number of nitrogens with two attached hydrogens (primary N) is 2. The van der Waals surface area contributed by atoms with Crippen molar-refractivity contribution in [2.45, 2.75) is 0 Å². The fraction of sp³-hybridized carbons (Fsp3) is 0.333. The number of rotatable bonds is 9. The van der Waals surface area contributed by atoms with Crippen molar-refractivity contribution < 1.29 is 13.6 Å². The fourth-order valence-electron chi connectivity index (χ4n) is 4.26. The number of nitrogens with zero attached hydrogens (tertiary/aromatic N) is 6. The molecular weight excluding hydrogens is 479 g/mol. The molecule has 0 atom stereocenters. The second-order valence-corrected chi connectivity index (χ2v) is 8.65. The number of furan rings is 1. The average molecular weight is 509 g/mol. The van der Waals surface area contributed by atoms with E-state index in [1.807, 2.05) is 11.0 Å². The first-order valence-electron chi connectivity index (χ1n) is 12.1. The lowest BCUT2D eigenvalue weighted by atomic mass is 10.1. The van der Waals surface area contributed by atoms with Crippen molar-refractivity contribution in [1.29, 1.82) is 0 Å². The predicted octanol–water partition coefficient (Wildman–Crippen LogP) is 1.03. The molecule has 0 unspecified atom stereocenters. The Labute approximate surface area is 212 Å². The van der Waals surface area contributed by atoms with E-state index >= 15 is 0 Å². The number of aromatic nitrogens is 4. The molecule has 37 heavy (non-hydrogen) atoms. The monoisotopic (exact) mass is 508 g/mol. The lowest BCUT2D eigenvalue weighted by molar-refractivity contribution is 0.0954. The number of hydrogen-bond donors (Lipinski definition) is 4.